The van der Waals surface area contributed by atoms with Gasteiger partial charge in [-0.05, 0) is 49.7 Å². The van der Waals surface area contributed by atoms with E-state index in [1.54, 1.807) is 11.1 Å². The van der Waals surface area contributed by atoms with Crippen LogP contribution in [-0.2, 0) is 20.9 Å². The maximum absolute atomic E-state index is 13.4. The highest BCUT2D eigenvalue weighted by Gasteiger charge is 2.56. The molecule has 2 amide bonds. The number of hydrogen-bond donors (Lipinski definition) is 0. The smallest absolute Gasteiger partial charge is 0.242 e. The highest BCUT2D eigenvalue weighted by Crippen LogP contribution is 2.58. The molecule has 2 heterocycles. The molecule has 2 aliphatic carbocycles. The fourth-order valence-electron chi connectivity index (χ4n) is 5.60. The predicted molar refractivity (Wildman–Crippen MR) is 119 cm³/mol. The molecule has 170 valence electrons. The standard InChI is InChI=1S/C25H37N3O3/c1-3-25(4-2)14-22(25)24(30)27-15-21(31-18-19-10-8-9-13-26-19)16-28(23(29)17-27)20-11-6-5-7-12-20/h8-10,13,20-22H,3-7,11-12,14-18H2,1-2H3/t21-,22+/m1/s1. The molecule has 2 saturated carbocycles. The molecule has 31 heavy (non-hydrogen) atoms. The fourth-order valence-corrected chi connectivity index (χ4v) is 5.60. The van der Waals surface area contributed by atoms with E-state index in [0.29, 0.717) is 19.7 Å². The van der Waals surface area contributed by atoms with Gasteiger partial charge in [0.1, 0.15) is 0 Å². The van der Waals surface area contributed by atoms with E-state index in [0.717, 1.165) is 37.8 Å². The summed E-state index contributed by atoms with van der Waals surface area (Å²) in [5, 5.41) is 0. The minimum atomic E-state index is -0.185. The van der Waals surface area contributed by atoms with E-state index in [-0.39, 0.29) is 41.8 Å². The van der Waals surface area contributed by atoms with Crippen LogP contribution in [0.1, 0.15) is 70.9 Å². The lowest BCUT2D eigenvalue weighted by molar-refractivity contribution is -0.141. The van der Waals surface area contributed by atoms with E-state index in [1.165, 1.54) is 19.3 Å². The molecule has 3 aliphatic rings. The first-order chi connectivity index (χ1) is 15.1. The van der Waals surface area contributed by atoms with E-state index in [2.05, 4.69) is 18.8 Å². The number of carbonyl (C=O) groups is 2. The molecular formula is C25H37N3O3. The summed E-state index contributed by atoms with van der Waals surface area (Å²) in [5.41, 5.74) is 1.01. The third kappa shape index (κ3) is 4.94. The molecule has 1 aromatic heterocycles. The van der Waals surface area contributed by atoms with E-state index >= 15 is 0 Å². The number of hydrogen-bond acceptors (Lipinski definition) is 4. The molecule has 3 fully saturated rings. The van der Waals surface area contributed by atoms with Crippen LogP contribution in [0.4, 0.5) is 0 Å². The largest absolute Gasteiger partial charge is 0.368 e. The van der Waals surface area contributed by atoms with Gasteiger partial charge in [0.15, 0.2) is 0 Å². The Morgan fingerprint density at radius 3 is 2.58 bits per heavy atom. The summed E-state index contributed by atoms with van der Waals surface area (Å²) >= 11 is 0. The van der Waals surface area contributed by atoms with Gasteiger partial charge < -0.3 is 14.5 Å². The van der Waals surface area contributed by atoms with Crippen LogP contribution in [0.15, 0.2) is 24.4 Å². The number of carbonyl (C=O) groups excluding carboxylic acids is 2. The minimum absolute atomic E-state index is 0.0629. The van der Waals surface area contributed by atoms with E-state index in [9.17, 15) is 9.59 Å². The Morgan fingerprint density at radius 1 is 1.16 bits per heavy atom. The number of ether oxygens (including phenoxy) is 1. The maximum atomic E-state index is 13.4. The van der Waals surface area contributed by atoms with Crippen LogP contribution in [0.25, 0.3) is 0 Å². The van der Waals surface area contributed by atoms with Crippen LogP contribution < -0.4 is 0 Å². The quantitative estimate of drug-likeness (QED) is 0.664. The van der Waals surface area contributed by atoms with Gasteiger partial charge in [0, 0.05) is 31.2 Å². The maximum Gasteiger partial charge on any atom is 0.242 e. The number of rotatable bonds is 7. The van der Waals surface area contributed by atoms with E-state index in [1.807, 2.05) is 23.1 Å². The summed E-state index contributed by atoms with van der Waals surface area (Å²) in [4.78, 5) is 34.8. The molecular weight excluding hydrogens is 390 g/mol. The molecule has 6 nitrogen and oxygen atoms in total. The zero-order valence-corrected chi connectivity index (χ0v) is 19.1. The molecule has 1 aliphatic heterocycles. The normalized spacial score (nSPS) is 26.6. The number of pyridine rings is 1. The summed E-state index contributed by atoms with van der Waals surface area (Å²) in [5.74, 6) is 0.297. The van der Waals surface area contributed by atoms with Crippen LogP contribution in [0.3, 0.4) is 0 Å². The highest BCUT2D eigenvalue weighted by atomic mass is 16.5. The molecule has 0 spiro atoms. The number of aromatic nitrogens is 1. The van der Waals surface area contributed by atoms with Gasteiger partial charge in [-0.15, -0.1) is 0 Å². The van der Waals surface area contributed by atoms with Crippen LogP contribution >= 0.6 is 0 Å². The Bertz CT molecular complexity index is 759. The number of nitrogens with zero attached hydrogens (tertiary/aromatic N) is 3. The molecule has 1 aromatic rings. The Balaban J connectivity index is 1.49. The summed E-state index contributed by atoms with van der Waals surface area (Å²) in [6, 6.07) is 6.07. The average molecular weight is 428 g/mol. The molecule has 0 radical (unpaired) electrons. The lowest BCUT2D eigenvalue weighted by atomic mass is 9.94. The van der Waals surface area contributed by atoms with Crippen LogP contribution in [0.2, 0.25) is 0 Å². The monoisotopic (exact) mass is 427 g/mol. The van der Waals surface area contributed by atoms with Gasteiger partial charge in [0.2, 0.25) is 11.8 Å². The minimum Gasteiger partial charge on any atom is -0.368 e. The van der Waals surface area contributed by atoms with Gasteiger partial charge in [-0.1, -0.05) is 39.2 Å². The molecule has 4 rings (SSSR count). The van der Waals surface area contributed by atoms with Gasteiger partial charge in [0.05, 0.1) is 24.9 Å². The van der Waals surface area contributed by atoms with Crippen LogP contribution in [0, 0.1) is 11.3 Å². The van der Waals surface area contributed by atoms with Gasteiger partial charge in [-0.3, -0.25) is 14.6 Å². The summed E-state index contributed by atoms with van der Waals surface area (Å²) < 4.78 is 6.25. The van der Waals surface area contributed by atoms with Crippen molar-refractivity contribution in [2.24, 2.45) is 11.3 Å². The number of amides is 2. The first-order valence-electron chi connectivity index (χ1n) is 12.2. The zero-order chi connectivity index (χ0) is 21.8. The van der Waals surface area contributed by atoms with Gasteiger partial charge >= 0.3 is 0 Å². The SMILES string of the molecule is CCC1(CC)C[C@H]1C(=O)N1CC(=O)N(C2CCCCC2)C[C@H](OCc2ccccn2)C1. The molecule has 0 bridgehead atoms. The van der Waals surface area contributed by atoms with E-state index in [4.69, 9.17) is 4.74 Å². The van der Waals surface area contributed by atoms with E-state index < -0.39 is 0 Å². The van der Waals surface area contributed by atoms with Gasteiger partial charge in [0.25, 0.3) is 0 Å². The van der Waals surface area contributed by atoms with Crippen molar-refractivity contribution in [3.63, 3.8) is 0 Å². The first kappa shape index (κ1) is 22.3. The fraction of sp³-hybridized carbons (Fsp3) is 0.720. The van der Waals surface area contributed by atoms with Crippen molar-refractivity contribution in [1.82, 2.24) is 14.8 Å². The molecule has 0 aromatic carbocycles. The van der Waals surface area contributed by atoms with Crippen molar-refractivity contribution in [1.29, 1.82) is 0 Å². The summed E-state index contributed by atoms with van der Waals surface area (Å²) in [6.07, 6.45) is 10.3. The third-order valence-corrected chi connectivity index (χ3v) is 7.89. The Labute approximate surface area is 186 Å². The van der Waals surface area contributed by atoms with Crippen molar-refractivity contribution in [3.8, 4) is 0 Å². The molecule has 0 N–H and O–H groups in total. The van der Waals surface area contributed by atoms with Crippen LogP contribution in [0.5, 0.6) is 0 Å². The second-order valence-electron chi connectivity index (χ2n) is 9.64. The second kappa shape index (κ2) is 9.68. The summed E-state index contributed by atoms with van der Waals surface area (Å²) in [6.45, 7) is 6.00. The Hall–Kier alpha value is -1.95. The highest BCUT2D eigenvalue weighted by molar-refractivity contribution is 5.88. The molecule has 2 atom stereocenters. The van der Waals surface area contributed by atoms with Gasteiger partial charge in [-0.25, -0.2) is 0 Å². The third-order valence-electron chi connectivity index (χ3n) is 7.89. The van der Waals surface area contributed by atoms with Crippen LogP contribution in [-0.4, -0.2) is 58.4 Å². The lowest BCUT2D eigenvalue weighted by Crippen LogP contribution is -2.46. The second-order valence-corrected chi connectivity index (χ2v) is 9.64. The topological polar surface area (TPSA) is 62.7 Å². The molecule has 6 heteroatoms. The molecule has 1 saturated heterocycles. The molecule has 0 unspecified atom stereocenters. The Kier molecular flexibility index (Phi) is 6.95. The predicted octanol–water partition coefficient (Wildman–Crippen LogP) is 3.80. The van der Waals surface area contributed by atoms with Crippen molar-refractivity contribution < 1.29 is 14.3 Å². The van der Waals surface area contributed by atoms with Crippen molar-refractivity contribution in [2.45, 2.75) is 84.0 Å². The van der Waals surface area contributed by atoms with Crippen molar-refractivity contribution >= 4 is 11.8 Å². The van der Waals surface area contributed by atoms with Crippen molar-refractivity contribution in [2.75, 3.05) is 19.6 Å². The lowest BCUT2D eigenvalue weighted by Gasteiger charge is -2.34. The summed E-state index contributed by atoms with van der Waals surface area (Å²) in [7, 11) is 0. The average Bonchev–Trinajstić information content (AvgIpc) is 3.58. The Morgan fingerprint density at radius 2 is 1.94 bits per heavy atom. The first-order valence-corrected chi connectivity index (χ1v) is 12.2. The zero-order valence-electron chi connectivity index (χ0n) is 19.1. The van der Waals surface area contributed by atoms with Crippen molar-refractivity contribution in [3.05, 3.63) is 30.1 Å². The van der Waals surface area contributed by atoms with Gasteiger partial charge in [-0.2, -0.15) is 0 Å².